The Morgan fingerprint density at radius 3 is 1.76 bits per heavy atom. The maximum absolute atomic E-state index is 13.0. The van der Waals surface area contributed by atoms with Crippen LogP contribution in [0, 0.1) is 11.2 Å². The van der Waals surface area contributed by atoms with E-state index in [0.29, 0.717) is 23.0 Å². The number of nitrogens with one attached hydrogen (secondary N) is 1. The van der Waals surface area contributed by atoms with Crippen LogP contribution < -0.4 is 0 Å². The van der Waals surface area contributed by atoms with E-state index in [2.05, 4.69) is 0 Å². The van der Waals surface area contributed by atoms with Crippen molar-refractivity contribution in [2.24, 2.45) is 0 Å². The minimum atomic E-state index is -3.32. The molecule has 0 saturated heterocycles. The number of halogens is 1. The second-order valence-corrected chi connectivity index (χ2v) is 6.91. The predicted molar refractivity (Wildman–Crippen MR) is 99.0 cm³/mol. The monoisotopic (exact) mass is 361 g/mol. The maximum atomic E-state index is 13.0. The summed E-state index contributed by atoms with van der Waals surface area (Å²) in [7, 11) is -3.32. The summed E-state index contributed by atoms with van der Waals surface area (Å²) in [5.41, 5.74) is 1.56. The minimum absolute atomic E-state index is 0.153. The van der Waals surface area contributed by atoms with E-state index in [1.165, 1.54) is 48.5 Å². The van der Waals surface area contributed by atoms with Crippen LogP contribution in [0.25, 0.3) is 11.1 Å². The van der Waals surface area contributed by atoms with Crippen LogP contribution in [0.1, 0.15) is 25.0 Å². The number of sulfone groups is 1. The lowest BCUT2D eigenvalue weighted by Crippen LogP contribution is -1.99. The van der Waals surface area contributed by atoms with Gasteiger partial charge in [0.05, 0.1) is 4.90 Å². The highest BCUT2D eigenvalue weighted by molar-refractivity contribution is 7.90. The summed E-state index contributed by atoms with van der Waals surface area (Å²) < 4.78 is 36.0. The Bertz CT molecular complexity index is 868. The summed E-state index contributed by atoms with van der Waals surface area (Å²) in [6, 6.07) is 11.3. The number of aldehydes is 1. The van der Waals surface area contributed by atoms with Crippen LogP contribution in [0.3, 0.4) is 0 Å². The molecule has 2 aromatic carbocycles. The first kappa shape index (κ1) is 20.4. The van der Waals surface area contributed by atoms with Crippen molar-refractivity contribution in [1.82, 2.24) is 0 Å². The van der Waals surface area contributed by atoms with Gasteiger partial charge in [-0.05, 0) is 35.4 Å². The number of allylic oxidation sites excluding steroid dienone is 2. The number of carbonyl (C=O) groups excluding carboxylic acids is 1. The molecule has 1 N–H and O–H groups in total. The molecule has 0 atom stereocenters. The number of benzene rings is 2. The molecule has 2 aromatic rings. The third-order valence-electron chi connectivity index (χ3n) is 3.30. The summed E-state index contributed by atoms with van der Waals surface area (Å²) in [6.07, 6.45) is 2.71. The molecule has 0 aromatic heterocycles. The average molecular weight is 361 g/mol. The van der Waals surface area contributed by atoms with Gasteiger partial charge in [0, 0.05) is 23.6 Å². The van der Waals surface area contributed by atoms with Crippen LogP contribution >= 0.6 is 0 Å². The second kappa shape index (κ2) is 9.03. The predicted octanol–water partition coefficient (Wildman–Crippen LogP) is 4.01. The zero-order valence-electron chi connectivity index (χ0n) is 14.3. The van der Waals surface area contributed by atoms with E-state index in [0.717, 1.165) is 12.5 Å². The number of rotatable bonds is 5. The summed E-state index contributed by atoms with van der Waals surface area (Å²) in [5, 5.41) is 7.57. The molecule has 0 amide bonds. The van der Waals surface area contributed by atoms with Gasteiger partial charge in [-0.2, -0.15) is 0 Å². The molecular weight excluding hydrogens is 341 g/mol. The maximum Gasteiger partial charge on any atom is 0.175 e. The molecule has 0 radical (unpaired) electrons. The summed E-state index contributed by atoms with van der Waals surface area (Å²) in [6.45, 7) is 4.00. The van der Waals surface area contributed by atoms with Gasteiger partial charge in [0.1, 0.15) is 5.82 Å². The van der Waals surface area contributed by atoms with Crippen molar-refractivity contribution in [3.05, 3.63) is 65.5 Å². The topological polar surface area (TPSA) is 75.1 Å². The van der Waals surface area contributed by atoms with Gasteiger partial charge < -0.3 is 5.41 Å². The Labute approximate surface area is 147 Å². The highest BCUT2D eigenvalue weighted by Crippen LogP contribution is 2.25. The molecule has 132 valence electrons. The Morgan fingerprint density at radius 1 is 0.920 bits per heavy atom. The molecule has 0 bridgehead atoms. The molecular formula is C19H20FNO3S. The molecule has 0 fully saturated rings. The van der Waals surface area contributed by atoms with E-state index >= 15 is 0 Å². The number of hydrogen-bond acceptors (Lipinski definition) is 4. The highest BCUT2D eigenvalue weighted by Gasteiger charge is 2.12. The second-order valence-electron chi connectivity index (χ2n) is 4.89. The smallest absolute Gasteiger partial charge is 0.175 e. The lowest BCUT2D eigenvalue weighted by atomic mass is 9.96. The van der Waals surface area contributed by atoms with E-state index in [-0.39, 0.29) is 10.5 Å². The Kier molecular flexibility index (Phi) is 7.39. The van der Waals surface area contributed by atoms with Crippen LogP contribution in [-0.4, -0.2) is 27.2 Å². The molecule has 0 aliphatic heterocycles. The van der Waals surface area contributed by atoms with Crippen LogP contribution in [0.5, 0.6) is 0 Å². The van der Waals surface area contributed by atoms with Gasteiger partial charge in [-0.1, -0.05) is 38.1 Å². The van der Waals surface area contributed by atoms with Gasteiger partial charge in [0.15, 0.2) is 16.1 Å². The lowest BCUT2D eigenvalue weighted by Gasteiger charge is -2.08. The first-order chi connectivity index (χ1) is 11.9. The van der Waals surface area contributed by atoms with Crippen LogP contribution in [0.15, 0.2) is 53.4 Å². The molecule has 0 saturated carbocycles. The van der Waals surface area contributed by atoms with E-state index in [4.69, 9.17) is 5.41 Å². The molecule has 0 aliphatic carbocycles. The van der Waals surface area contributed by atoms with Crippen LogP contribution in [0.4, 0.5) is 4.39 Å². The van der Waals surface area contributed by atoms with E-state index < -0.39 is 15.7 Å². The lowest BCUT2D eigenvalue weighted by molar-refractivity contribution is -0.103. The third-order valence-corrected chi connectivity index (χ3v) is 4.43. The average Bonchev–Trinajstić information content (AvgIpc) is 2.62. The van der Waals surface area contributed by atoms with Crippen LogP contribution in [-0.2, 0) is 14.6 Å². The SMILES string of the molecule is CC.CS(=O)(=O)c1ccc(/C(C=N)=C(/C=O)c2ccc(F)cc2)cc1. The van der Waals surface area contributed by atoms with Gasteiger partial charge in [-0.25, -0.2) is 12.8 Å². The summed E-state index contributed by atoms with van der Waals surface area (Å²) >= 11 is 0. The third kappa shape index (κ3) is 5.19. The van der Waals surface area contributed by atoms with Crippen molar-refractivity contribution in [3.8, 4) is 0 Å². The van der Waals surface area contributed by atoms with Crippen molar-refractivity contribution in [1.29, 1.82) is 5.41 Å². The number of carbonyl (C=O) groups is 1. The standard InChI is InChI=1S/C17H14FNO3S.C2H6/c1-23(21,22)15-8-4-12(5-9-15)16(10-19)17(11-20)13-2-6-14(18)7-3-13;1-2/h2-11,19H,1H3;1-2H3/b17-16-,19-10?;. The van der Waals surface area contributed by atoms with Gasteiger partial charge in [-0.15, -0.1) is 0 Å². The fourth-order valence-electron chi connectivity index (χ4n) is 2.11. The molecule has 0 spiro atoms. The quantitative estimate of drug-likeness (QED) is 0.378. The van der Waals surface area contributed by atoms with Crippen molar-refractivity contribution in [3.63, 3.8) is 0 Å². The zero-order chi connectivity index (χ0) is 19.0. The molecule has 25 heavy (non-hydrogen) atoms. The van der Waals surface area contributed by atoms with E-state index in [9.17, 15) is 17.6 Å². The van der Waals surface area contributed by atoms with Crippen molar-refractivity contribution in [2.45, 2.75) is 18.7 Å². The van der Waals surface area contributed by atoms with Crippen molar-refractivity contribution < 1.29 is 17.6 Å². The first-order valence-corrected chi connectivity index (χ1v) is 9.52. The molecule has 0 aliphatic rings. The van der Waals surface area contributed by atoms with Crippen LogP contribution in [0.2, 0.25) is 0 Å². The zero-order valence-corrected chi connectivity index (χ0v) is 15.1. The van der Waals surface area contributed by atoms with Gasteiger partial charge >= 0.3 is 0 Å². The largest absolute Gasteiger partial charge is 0.308 e. The Balaban J connectivity index is 0.00000151. The van der Waals surface area contributed by atoms with E-state index in [1.54, 1.807) is 0 Å². The van der Waals surface area contributed by atoms with Gasteiger partial charge in [0.25, 0.3) is 0 Å². The fraction of sp³-hybridized carbons (Fsp3) is 0.158. The van der Waals surface area contributed by atoms with Gasteiger partial charge in [0.2, 0.25) is 0 Å². The summed E-state index contributed by atoms with van der Waals surface area (Å²) in [4.78, 5) is 11.6. The molecule has 0 heterocycles. The molecule has 4 nitrogen and oxygen atoms in total. The molecule has 2 rings (SSSR count). The molecule has 0 unspecified atom stereocenters. The first-order valence-electron chi connectivity index (χ1n) is 7.63. The van der Waals surface area contributed by atoms with Crippen molar-refractivity contribution >= 4 is 33.5 Å². The fourth-order valence-corrected chi connectivity index (χ4v) is 2.75. The normalized spacial score (nSPS) is 11.7. The van der Waals surface area contributed by atoms with E-state index in [1.807, 2.05) is 13.8 Å². The van der Waals surface area contributed by atoms with Gasteiger partial charge in [-0.3, -0.25) is 4.79 Å². The number of hydrogen-bond donors (Lipinski definition) is 1. The Morgan fingerprint density at radius 2 is 1.36 bits per heavy atom. The highest BCUT2D eigenvalue weighted by atomic mass is 32.2. The summed E-state index contributed by atoms with van der Waals surface area (Å²) in [5.74, 6) is -0.423. The minimum Gasteiger partial charge on any atom is -0.308 e. The Hall–Kier alpha value is -2.60. The van der Waals surface area contributed by atoms with Crippen molar-refractivity contribution in [2.75, 3.05) is 6.26 Å². The molecule has 6 heteroatoms.